The van der Waals surface area contributed by atoms with Crippen LogP contribution in [-0.2, 0) is 9.59 Å². The molecule has 0 saturated heterocycles. The quantitative estimate of drug-likeness (QED) is 0.167. The van der Waals surface area contributed by atoms with E-state index < -0.39 is 11.8 Å². The lowest BCUT2D eigenvalue weighted by Crippen LogP contribution is -2.48. The Morgan fingerprint density at radius 3 is 2.40 bits per heavy atom. The molecule has 0 aromatic carbocycles. The van der Waals surface area contributed by atoms with E-state index in [0.29, 0.717) is 0 Å². The van der Waals surface area contributed by atoms with Gasteiger partial charge in [0.25, 0.3) is 0 Å². The van der Waals surface area contributed by atoms with Crippen molar-refractivity contribution < 1.29 is 9.59 Å². The summed E-state index contributed by atoms with van der Waals surface area (Å²) in [4.78, 5) is 21.0. The number of hydrogen-bond donors (Lipinski definition) is 3. The van der Waals surface area contributed by atoms with E-state index in [1.54, 1.807) is 12.3 Å². The SMILES string of the molecule is CCN(N)C(=O)C(=O)NN. The molecule has 0 spiro atoms. The number of amides is 2. The fourth-order valence-electron chi connectivity index (χ4n) is 0.336. The summed E-state index contributed by atoms with van der Waals surface area (Å²) in [6.45, 7) is 1.91. The fraction of sp³-hybridized carbons (Fsp3) is 0.500. The van der Waals surface area contributed by atoms with Crippen LogP contribution < -0.4 is 17.1 Å². The highest BCUT2D eigenvalue weighted by Crippen LogP contribution is 1.77. The van der Waals surface area contributed by atoms with Gasteiger partial charge in [-0.3, -0.25) is 20.0 Å². The van der Waals surface area contributed by atoms with Crippen molar-refractivity contribution in [2.45, 2.75) is 6.92 Å². The highest BCUT2D eigenvalue weighted by atomic mass is 16.2. The number of likely N-dealkylation sites (N-methyl/N-ethyl adjacent to an activating group) is 1. The zero-order chi connectivity index (χ0) is 8.15. The van der Waals surface area contributed by atoms with Gasteiger partial charge in [-0.05, 0) is 6.92 Å². The molecule has 0 radical (unpaired) electrons. The van der Waals surface area contributed by atoms with E-state index in [1.807, 2.05) is 0 Å². The van der Waals surface area contributed by atoms with Gasteiger partial charge in [0.2, 0.25) is 0 Å². The van der Waals surface area contributed by atoms with Crippen molar-refractivity contribution in [2.75, 3.05) is 6.54 Å². The molecule has 0 heterocycles. The summed E-state index contributed by atoms with van der Waals surface area (Å²) in [5.41, 5.74) is 1.67. The molecule has 0 unspecified atom stereocenters. The lowest BCUT2D eigenvalue weighted by atomic mass is 10.5. The van der Waals surface area contributed by atoms with Gasteiger partial charge in [-0.15, -0.1) is 0 Å². The molecule has 0 fully saturated rings. The molecule has 0 rings (SSSR count). The third-order valence-electron chi connectivity index (χ3n) is 0.927. The first kappa shape index (κ1) is 8.86. The van der Waals surface area contributed by atoms with Gasteiger partial charge in [0.1, 0.15) is 0 Å². The first-order valence-electron chi connectivity index (χ1n) is 2.70. The normalized spacial score (nSPS) is 8.70. The van der Waals surface area contributed by atoms with Gasteiger partial charge in [-0.25, -0.2) is 11.7 Å². The second kappa shape index (κ2) is 3.80. The van der Waals surface area contributed by atoms with Crippen LogP contribution in [0.3, 0.4) is 0 Å². The molecule has 5 N–H and O–H groups in total. The number of hydrogen-bond acceptors (Lipinski definition) is 4. The predicted molar refractivity (Wildman–Crippen MR) is 33.9 cm³/mol. The maximum atomic E-state index is 10.6. The molecule has 0 aliphatic carbocycles. The van der Waals surface area contributed by atoms with Gasteiger partial charge in [0, 0.05) is 6.54 Å². The number of rotatable bonds is 1. The topological polar surface area (TPSA) is 101 Å². The maximum Gasteiger partial charge on any atom is 0.327 e. The van der Waals surface area contributed by atoms with Crippen LogP contribution in [-0.4, -0.2) is 23.4 Å². The molecule has 6 heteroatoms. The summed E-state index contributed by atoms with van der Waals surface area (Å²) in [7, 11) is 0. The van der Waals surface area contributed by atoms with E-state index in [0.717, 1.165) is 5.01 Å². The number of carbonyl (C=O) groups is 2. The number of nitrogens with zero attached hydrogens (tertiary/aromatic N) is 1. The van der Waals surface area contributed by atoms with E-state index in [1.165, 1.54) is 0 Å². The number of hydrazine groups is 2. The van der Waals surface area contributed by atoms with Crippen LogP contribution in [0.4, 0.5) is 0 Å². The zero-order valence-corrected chi connectivity index (χ0v) is 5.63. The number of carbonyl (C=O) groups excluding carboxylic acids is 2. The molecule has 10 heavy (non-hydrogen) atoms. The Hall–Kier alpha value is -1.14. The van der Waals surface area contributed by atoms with Crippen LogP contribution in [0.2, 0.25) is 0 Å². The first-order valence-corrected chi connectivity index (χ1v) is 2.70. The largest absolute Gasteiger partial charge is 0.327 e. The van der Waals surface area contributed by atoms with Crippen molar-refractivity contribution in [1.29, 1.82) is 0 Å². The van der Waals surface area contributed by atoms with Gasteiger partial charge >= 0.3 is 11.8 Å². The molecular weight excluding hydrogens is 136 g/mol. The molecule has 2 amide bonds. The van der Waals surface area contributed by atoms with Gasteiger partial charge in [0.15, 0.2) is 0 Å². The maximum absolute atomic E-state index is 10.6. The Bertz CT molecular complexity index is 146. The van der Waals surface area contributed by atoms with Gasteiger partial charge < -0.3 is 0 Å². The average molecular weight is 146 g/mol. The molecule has 6 nitrogen and oxygen atoms in total. The Morgan fingerprint density at radius 2 is 2.10 bits per heavy atom. The Balaban J connectivity index is 3.95. The van der Waals surface area contributed by atoms with Gasteiger partial charge in [-0.1, -0.05) is 0 Å². The summed E-state index contributed by atoms with van der Waals surface area (Å²) in [5, 5.41) is 0.766. The van der Waals surface area contributed by atoms with Crippen LogP contribution in [0.5, 0.6) is 0 Å². The summed E-state index contributed by atoms with van der Waals surface area (Å²) in [5.74, 6) is 7.97. The fourth-order valence-corrected chi connectivity index (χ4v) is 0.336. The minimum absolute atomic E-state index is 0.270. The smallest absolute Gasteiger partial charge is 0.286 e. The molecule has 0 bridgehead atoms. The Labute approximate surface area is 58.1 Å². The zero-order valence-electron chi connectivity index (χ0n) is 5.63. The molecule has 0 aromatic heterocycles. The molecule has 0 atom stereocenters. The Kier molecular flexibility index (Phi) is 3.37. The van der Waals surface area contributed by atoms with Crippen LogP contribution in [0, 0.1) is 0 Å². The van der Waals surface area contributed by atoms with Crippen LogP contribution >= 0.6 is 0 Å². The van der Waals surface area contributed by atoms with Crippen molar-refractivity contribution in [2.24, 2.45) is 11.7 Å². The van der Waals surface area contributed by atoms with E-state index in [9.17, 15) is 9.59 Å². The lowest BCUT2D eigenvalue weighted by Gasteiger charge is -2.11. The summed E-state index contributed by atoms with van der Waals surface area (Å²) in [6.07, 6.45) is 0. The molecule has 0 aliphatic heterocycles. The van der Waals surface area contributed by atoms with E-state index in [-0.39, 0.29) is 6.54 Å². The molecule has 58 valence electrons. The Morgan fingerprint density at radius 1 is 1.60 bits per heavy atom. The first-order chi connectivity index (χ1) is 4.63. The highest BCUT2D eigenvalue weighted by Gasteiger charge is 2.15. The van der Waals surface area contributed by atoms with E-state index >= 15 is 0 Å². The highest BCUT2D eigenvalue weighted by molar-refractivity contribution is 6.34. The van der Waals surface area contributed by atoms with Crippen molar-refractivity contribution in [3.05, 3.63) is 0 Å². The predicted octanol–water partition coefficient (Wildman–Crippen LogP) is -2.30. The summed E-state index contributed by atoms with van der Waals surface area (Å²) >= 11 is 0. The van der Waals surface area contributed by atoms with Crippen molar-refractivity contribution >= 4 is 11.8 Å². The minimum atomic E-state index is -0.913. The van der Waals surface area contributed by atoms with Crippen LogP contribution in [0.1, 0.15) is 6.92 Å². The molecule has 0 aliphatic rings. The van der Waals surface area contributed by atoms with Crippen LogP contribution in [0.15, 0.2) is 0 Å². The average Bonchev–Trinajstić information content (AvgIpc) is 2.00. The minimum Gasteiger partial charge on any atom is -0.286 e. The molecule has 0 saturated carbocycles. The second-order valence-corrected chi connectivity index (χ2v) is 1.56. The number of nitrogens with two attached hydrogens (primary N) is 2. The summed E-state index contributed by atoms with van der Waals surface area (Å²) < 4.78 is 0. The molecule has 0 aromatic rings. The van der Waals surface area contributed by atoms with E-state index in [2.05, 4.69) is 5.84 Å². The van der Waals surface area contributed by atoms with Gasteiger partial charge in [-0.2, -0.15) is 0 Å². The summed E-state index contributed by atoms with van der Waals surface area (Å²) in [6, 6.07) is 0. The van der Waals surface area contributed by atoms with Crippen molar-refractivity contribution in [1.82, 2.24) is 10.4 Å². The molecular formula is C4H10N4O2. The number of nitrogens with one attached hydrogen (secondary N) is 1. The van der Waals surface area contributed by atoms with Crippen molar-refractivity contribution in [3.63, 3.8) is 0 Å². The lowest BCUT2D eigenvalue weighted by molar-refractivity contribution is -0.145. The monoisotopic (exact) mass is 146 g/mol. The van der Waals surface area contributed by atoms with E-state index in [4.69, 9.17) is 5.84 Å². The van der Waals surface area contributed by atoms with Gasteiger partial charge in [0.05, 0.1) is 0 Å². The second-order valence-electron chi connectivity index (χ2n) is 1.56. The van der Waals surface area contributed by atoms with Crippen molar-refractivity contribution in [3.8, 4) is 0 Å². The third-order valence-corrected chi connectivity index (χ3v) is 0.927. The third kappa shape index (κ3) is 2.00. The van der Waals surface area contributed by atoms with Crippen LogP contribution in [0.25, 0.3) is 0 Å². The standard InChI is InChI=1S/C4H10N4O2/c1-2-8(6)4(10)3(9)7-5/h2,5-6H2,1H3,(H,7,9).